The first-order valence-corrected chi connectivity index (χ1v) is 12.3. The van der Waals surface area contributed by atoms with Gasteiger partial charge in [0.1, 0.15) is 9.88 Å². The van der Waals surface area contributed by atoms with Crippen LogP contribution in [0.4, 0.5) is 14.5 Å². The highest BCUT2D eigenvalue weighted by atomic mass is 32.2. The summed E-state index contributed by atoms with van der Waals surface area (Å²) in [6, 6.07) is 9.26. The fourth-order valence-corrected chi connectivity index (χ4v) is 6.28. The molecule has 0 aliphatic carbocycles. The molecule has 160 valence electrons. The first-order valence-electron chi connectivity index (χ1n) is 8.92. The summed E-state index contributed by atoms with van der Waals surface area (Å²) in [4.78, 5) is 4.77. The standard InChI is InChI=1S/C17H17F2N5O3S3/c18-15(19)17-22-21-16(27-17)13-10-20-14(28-13)11-24(12-4-2-1-3-5-12)30(26)23-6-8-29(25)9-7-23/h1-5,10,15H,6-9,11H2. The van der Waals surface area contributed by atoms with Crippen molar-refractivity contribution in [2.75, 3.05) is 28.9 Å². The summed E-state index contributed by atoms with van der Waals surface area (Å²) >= 11 is -0.297. The van der Waals surface area contributed by atoms with Crippen molar-refractivity contribution in [2.24, 2.45) is 0 Å². The van der Waals surface area contributed by atoms with Crippen LogP contribution in [0.25, 0.3) is 10.8 Å². The van der Waals surface area contributed by atoms with Gasteiger partial charge in [0.05, 0.1) is 18.4 Å². The number of halogens is 2. The average Bonchev–Trinajstić information content (AvgIpc) is 3.42. The Balaban J connectivity index is 1.55. The van der Waals surface area contributed by atoms with E-state index in [1.54, 1.807) is 8.61 Å². The Hall–Kier alpha value is -2.09. The van der Waals surface area contributed by atoms with Crippen LogP contribution >= 0.6 is 11.3 Å². The highest BCUT2D eigenvalue weighted by molar-refractivity contribution is 7.86. The number of hydrogen-bond acceptors (Lipinski definition) is 7. The average molecular weight is 474 g/mol. The van der Waals surface area contributed by atoms with E-state index in [1.807, 2.05) is 30.3 Å². The van der Waals surface area contributed by atoms with Crippen molar-refractivity contribution in [3.8, 4) is 10.8 Å². The Morgan fingerprint density at radius 1 is 1.23 bits per heavy atom. The predicted octanol–water partition coefficient (Wildman–Crippen LogP) is 2.78. The maximum Gasteiger partial charge on any atom is 0.314 e. The summed E-state index contributed by atoms with van der Waals surface area (Å²) in [5, 5.41) is 7.57. The second-order valence-electron chi connectivity index (χ2n) is 6.24. The fraction of sp³-hybridized carbons (Fsp3) is 0.353. The van der Waals surface area contributed by atoms with Crippen molar-refractivity contribution in [3.05, 3.63) is 47.4 Å². The highest BCUT2D eigenvalue weighted by Gasteiger charge is 2.27. The van der Waals surface area contributed by atoms with Gasteiger partial charge in [-0.15, -0.1) is 21.5 Å². The van der Waals surface area contributed by atoms with Gasteiger partial charge in [-0.1, -0.05) is 18.2 Å². The molecule has 0 amide bonds. The van der Waals surface area contributed by atoms with Crippen LogP contribution in [0.2, 0.25) is 0 Å². The molecule has 8 nitrogen and oxygen atoms in total. The van der Waals surface area contributed by atoms with Crippen molar-refractivity contribution < 1.29 is 21.6 Å². The lowest BCUT2D eigenvalue weighted by molar-refractivity contribution is 0.116. The minimum absolute atomic E-state index is 0.0278. The molecule has 1 fully saturated rings. The molecule has 1 atom stereocenters. The lowest BCUT2D eigenvalue weighted by atomic mass is 10.3. The Kier molecular flexibility index (Phi) is 6.61. The maximum absolute atomic E-state index is 13.3. The van der Waals surface area contributed by atoms with Gasteiger partial charge in [0.25, 0.3) is 11.8 Å². The molecule has 0 N–H and O–H groups in total. The number of thiazole rings is 1. The zero-order chi connectivity index (χ0) is 21.1. The largest absolute Gasteiger partial charge is 0.414 e. The minimum atomic E-state index is -2.84. The Labute approximate surface area is 180 Å². The third kappa shape index (κ3) is 4.79. The molecular formula is C17H17F2N5O3S3. The third-order valence-electron chi connectivity index (χ3n) is 4.26. The van der Waals surface area contributed by atoms with Crippen LogP contribution in [-0.4, -0.2) is 52.5 Å². The van der Waals surface area contributed by atoms with Crippen LogP contribution in [0.1, 0.15) is 17.3 Å². The lowest BCUT2D eigenvalue weighted by Crippen LogP contribution is -2.45. The summed E-state index contributed by atoms with van der Waals surface area (Å²) < 4.78 is 58.7. The van der Waals surface area contributed by atoms with Gasteiger partial charge in [0, 0.05) is 35.4 Å². The molecular weight excluding hydrogens is 456 g/mol. The van der Waals surface area contributed by atoms with Gasteiger partial charge in [-0.2, -0.15) is 8.78 Å². The van der Waals surface area contributed by atoms with Crippen molar-refractivity contribution in [1.82, 2.24) is 19.5 Å². The number of para-hydroxylation sites is 1. The first-order chi connectivity index (χ1) is 14.5. The number of anilines is 1. The molecule has 1 unspecified atom stereocenters. The van der Waals surface area contributed by atoms with Crippen molar-refractivity contribution in [2.45, 2.75) is 13.0 Å². The lowest BCUT2D eigenvalue weighted by Gasteiger charge is -2.31. The SMILES string of the molecule is O=S1CCN(S(=O)N(Cc2ncc(-c3nnc(C(F)F)o3)s2)c2ccccc2)CC1. The van der Waals surface area contributed by atoms with Gasteiger partial charge in [0.2, 0.25) is 0 Å². The van der Waals surface area contributed by atoms with Crippen LogP contribution in [0.15, 0.2) is 40.9 Å². The number of benzene rings is 1. The van der Waals surface area contributed by atoms with Gasteiger partial charge in [-0.05, 0) is 12.1 Å². The van der Waals surface area contributed by atoms with Crippen LogP contribution in [0.5, 0.6) is 0 Å². The summed E-state index contributed by atoms with van der Waals surface area (Å²) in [5.74, 6) is 0.202. The summed E-state index contributed by atoms with van der Waals surface area (Å²) in [5.41, 5.74) is 0.747. The molecule has 0 saturated carbocycles. The van der Waals surface area contributed by atoms with E-state index in [0.29, 0.717) is 34.5 Å². The molecule has 0 spiro atoms. The van der Waals surface area contributed by atoms with E-state index in [0.717, 1.165) is 5.69 Å². The number of nitrogens with zero attached hydrogens (tertiary/aromatic N) is 5. The Morgan fingerprint density at radius 3 is 2.63 bits per heavy atom. The maximum atomic E-state index is 13.3. The topological polar surface area (TPSA) is 92.4 Å². The third-order valence-corrected chi connectivity index (χ3v) is 8.03. The van der Waals surface area contributed by atoms with E-state index in [1.165, 1.54) is 17.5 Å². The molecule has 1 saturated heterocycles. The van der Waals surface area contributed by atoms with Crippen molar-refractivity contribution in [3.63, 3.8) is 0 Å². The molecule has 2 aromatic heterocycles. The van der Waals surface area contributed by atoms with Crippen LogP contribution in [0, 0.1) is 0 Å². The number of aromatic nitrogens is 3. The van der Waals surface area contributed by atoms with Crippen LogP contribution in [0.3, 0.4) is 0 Å². The van der Waals surface area contributed by atoms with E-state index in [4.69, 9.17) is 4.42 Å². The quantitative estimate of drug-likeness (QED) is 0.524. The minimum Gasteiger partial charge on any atom is -0.414 e. The van der Waals surface area contributed by atoms with E-state index in [2.05, 4.69) is 15.2 Å². The molecule has 30 heavy (non-hydrogen) atoms. The second kappa shape index (κ2) is 9.37. The van der Waals surface area contributed by atoms with Gasteiger partial charge < -0.3 is 4.42 Å². The summed E-state index contributed by atoms with van der Waals surface area (Å²) in [7, 11) is -0.874. The van der Waals surface area contributed by atoms with E-state index in [9.17, 15) is 17.2 Å². The Morgan fingerprint density at radius 2 is 1.97 bits per heavy atom. The second-order valence-corrected chi connectivity index (χ2v) is 10.5. The number of rotatable bonds is 7. The molecule has 1 aliphatic heterocycles. The predicted molar refractivity (Wildman–Crippen MR) is 111 cm³/mol. The van der Waals surface area contributed by atoms with Gasteiger partial charge in [-0.25, -0.2) is 13.5 Å². The molecule has 4 rings (SSSR count). The zero-order valence-corrected chi connectivity index (χ0v) is 18.0. The van der Waals surface area contributed by atoms with Crippen molar-refractivity contribution in [1.29, 1.82) is 0 Å². The molecule has 0 radical (unpaired) electrons. The summed E-state index contributed by atoms with van der Waals surface area (Å²) in [6.45, 7) is 1.19. The van der Waals surface area contributed by atoms with Gasteiger partial charge >= 0.3 is 6.43 Å². The molecule has 0 bridgehead atoms. The summed E-state index contributed by atoms with van der Waals surface area (Å²) in [6.07, 6.45) is -1.37. The molecule has 3 aromatic rings. The normalized spacial score (nSPS) is 16.8. The van der Waals surface area contributed by atoms with E-state index >= 15 is 0 Å². The van der Waals surface area contributed by atoms with Crippen molar-refractivity contribution >= 4 is 39.0 Å². The van der Waals surface area contributed by atoms with Crippen LogP contribution < -0.4 is 4.31 Å². The molecule has 3 heterocycles. The van der Waals surface area contributed by atoms with E-state index in [-0.39, 0.29) is 12.4 Å². The Bertz CT molecular complexity index is 1040. The number of hydrogen-bond donors (Lipinski definition) is 0. The van der Waals surface area contributed by atoms with Crippen LogP contribution in [-0.2, 0) is 28.5 Å². The van der Waals surface area contributed by atoms with E-state index < -0.39 is 34.3 Å². The fourth-order valence-electron chi connectivity index (χ4n) is 2.78. The zero-order valence-electron chi connectivity index (χ0n) is 15.5. The molecule has 1 aromatic carbocycles. The first kappa shape index (κ1) is 21.2. The van der Waals surface area contributed by atoms with Gasteiger partial charge in [0.15, 0.2) is 11.2 Å². The van der Waals surface area contributed by atoms with Gasteiger partial charge in [-0.3, -0.25) is 8.51 Å². The highest BCUT2D eigenvalue weighted by Crippen LogP contribution is 2.29. The molecule has 1 aliphatic rings. The molecule has 13 heteroatoms. The number of alkyl halides is 2. The monoisotopic (exact) mass is 473 g/mol. The smallest absolute Gasteiger partial charge is 0.314 e.